The molecule has 1 aromatic carbocycles. The average molecular weight is 400 g/mol. The topological polar surface area (TPSA) is 56.8 Å². The van der Waals surface area contributed by atoms with Gasteiger partial charge in [0, 0.05) is 12.1 Å². The summed E-state index contributed by atoms with van der Waals surface area (Å²) in [5.74, 6) is 4.32. The van der Waals surface area contributed by atoms with Crippen molar-refractivity contribution in [1.29, 1.82) is 0 Å². The van der Waals surface area contributed by atoms with E-state index in [1.807, 2.05) is 12.1 Å². The lowest BCUT2D eigenvalue weighted by Crippen LogP contribution is -2.55. The molecule has 4 fully saturated rings. The van der Waals surface area contributed by atoms with Gasteiger partial charge in [-0.25, -0.2) is 0 Å². The lowest BCUT2D eigenvalue weighted by Gasteiger charge is -2.59. The molecule has 4 aliphatic rings. The zero-order valence-electron chi connectivity index (χ0n) is 18.0. The quantitative estimate of drug-likeness (QED) is 0.689. The minimum atomic E-state index is -0.0398. The summed E-state index contributed by atoms with van der Waals surface area (Å²) in [5.41, 5.74) is 1.14. The van der Waals surface area contributed by atoms with Gasteiger partial charge >= 0.3 is 0 Å². The van der Waals surface area contributed by atoms with Crippen molar-refractivity contribution in [3.8, 4) is 17.2 Å². The molecular formula is C24H33NO4. The molecular weight excluding hydrogens is 366 g/mol. The summed E-state index contributed by atoms with van der Waals surface area (Å²) >= 11 is 0. The number of hydrogen-bond acceptors (Lipinski definition) is 4. The van der Waals surface area contributed by atoms with Crippen molar-refractivity contribution in [2.24, 2.45) is 23.2 Å². The molecule has 0 spiro atoms. The molecule has 5 heteroatoms. The lowest BCUT2D eigenvalue weighted by molar-refractivity contribution is -0.121. The number of ether oxygens (including phenoxy) is 3. The van der Waals surface area contributed by atoms with Gasteiger partial charge in [0.2, 0.25) is 11.7 Å². The number of rotatable bonds is 7. The van der Waals surface area contributed by atoms with Crippen LogP contribution in [0.1, 0.15) is 51.0 Å². The van der Waals surface area contributed by atoms with Gasteiger partial charge in [-0.15, -0.1) is 0 Å². The van der Waals surface area contributed by atoms with E-state index in [0.717, 1.165) is 23.3 Å². The Morgan fingerprint density at radius 1 is 1.00 bits per heavy atom. The second-order valence-corrected chi connectivity index (χ2v) is 9.30. The summed E-state index contributed by atoms with van der Waals surface area (Å²) in [6.45, 7) is 2.21. The van der Waals surface area contributed by atoms with Crippen molar-refractivity contribution in [1.82, 2.24) is 5.32 Å². The van der Waals surface area contributed by atoms with E-state index in [2.05, 4.69) is 12.2 Å². The van der Waals surface area contributed by atoms with Crippen LogP contribution in [-0.2, 0) is 4.79 Å². The van der Waals surface area contributed by atoms with Crippen LogP contribution in [0.5, 0.6) is 17.2 Å². The van der Waals surface area contributed by atoms with Crippen LogP contribution in [-0.4, -0.2) is 33.3 Å². The number of carbonyl (C=O) groups excluding carboxylic acids is 1. The van der Waals surface area contributed by atoms with E-state index in [9.17, 15) is 4.79 Å². The molecule has 1 N–H and O–H groups in total. The molecule has 4 bridgehead atoms. The predicted octanol–water partition coefficient (Wildman–Crippen LogP) is 4.45. The van der Waals surface area contributed by atoms with Crippen LogP contribution < -0.4 is 19.5 Å². The molecule has 29 heavy (non-hydrogen) atoms. The van der Waals surface area contributed by atoms with Gasteiger partial charge in [0.25, 0.3) is 0 Å². The minimum Gasteiger partial charge on any atom is -0.493 e. The molecule has 1 atom stereocenters. The van der Waals surface area contributed by atoms with Gasteiger partial charge in [0.15, 0.2) is 11.5 Å². The smallest absolute Gasteiger partial charge is 0.244 e. The predicted molar refractivity (Wildman–Crippen MR) is 113 cm³/mol. The van der Waals surface area contributed by atoms with Crippen molar-refractivity contribution in [2.75, 3.05) is 21.3 Å². The maximum Gasteiger partial charge on any atom is 0.244 e. The summed E-state index contributed by atoms with van der Waals surface area (Å²) < 4.78 is 16.1. The second-order valence-electron chi connectivity index (χ2n) is 9.30. The van der Waals surface area contributed by atoms with Gasteiger partial charge in [0.1, 0.15) is 0 Å². The highest BCUT2D eigenvalue weighted by Crippen LogP contribution is 2.61. The monoisotopic (exact) mass is 399 g/mol. The Morgan fingerprint density at radius 3 is 1.97 bits per heavy atom. The molecule has 0 radical (unpaired) electrons. The van der Waals surface area contributed by atoms with Gasteiger partial charge in [-0.2, -0.15) is 0 Å². The van der Waals surface area contributed by atoms with Gasteiger partial charge < -0.3 is 19.5 Å². The molecule has 5 rings (SSSR count). The van der Waals surface area contributed by atoms with Gasteiger partial charge in [-0.05, 0) is 92.4 Å². The maximum atomic E-state index is 12.7. The molecule has 4 aliphatic carbocycles. The van der Waals surface area contributed by atoms with E-state index < -0.39 is 0 Å². The Balaban J connectivity index is 1.44. The van der Waals surface area contributed by atoms with E-state index in [0.29, 0.717) is 22.7 Å². The lowest BCUT2D eigenvalue weighted by atomic mass is 9.48. The number of carbonyl (C=O) groups is 1. The van der Waals surface area contributed by atoms with Crippen LogP contribution in [0.15, 0.2) is 18.2 Å². The molecule has 0 heterocycles. The summed E-state index contributed by atoms with van der Waals surface area (Å²) in [7, 11) is 4.75. The first-order valence-electron chi connectivity index (χ1n) is 10.7. The third-order valence-corrected chi connectivity index (χ3v) is 7.48. The molecule has 1 unspecified atom stereocenters. The van der Waals surface area contributed by atoms with E-state index in [4.69, 9.17) is 14.2 Å². The van der Waals surface area contributed by atoms with Crippen LogP contribution >= 0.6 is 0 Å². The Bertz CT molecular complexity index is 740. The fourth-order valence-corrected chi connectivity index (χ4v) is 6.49. The van der Waals surface area contributed by atoms with Crippen molar-refractivity contribution >= 4 is 12.0 Å². The van der Waals surface area contributed by atoms with Crippen LogP contribution in [0.2, 0.25) is 0 Å². The highest BCUT2D eigenvalue weighted by Gasteiger charge is 2.53. The van der Waals surface area contributed by atoms with Gasteiger partial charge in [0.05, 0.1) is 21.3 Å². The molecule has 1 aromatic rings. The largest absolute Gasteiger partial charge is 0.493 e. The highest BCUT2D eigenvalue weighted by atomic mass is 16.5. The standard InChI is InChI=1S/C24H33NO4/c1-15(24-12-17-7-18(13-24)9-19(8-17)14-24)25-22(26)6-5-16-10-20(27-2)23(29-4)21(11-16)28-3/h5-6,10-11,15,17-19H,7-9,12-14H2,1-4H3,(H,25,26)/b6-5+. The SMILES string of the molecule is COc1cc(/C=C/C(=O)NC(C)C23CC4CC(CC(C4)C2)C3)cc(OC)c1OC. The highest BCUT2D eigenvalue weighted by molar-refractivity contribution is 5.92. The summed E-state index contributed by atoms with van der Waals surface area (Å²) in [6.07, 6.45) is 11.5. The second kappa shape index (κ2) is 7.92. The van der Waals surface area contributed by atoms with Crippen LogP contribution in [0.3, 0.4) is 0 Å². The van der Waals surface area contributed by atoms with Crippen LogP contribution in [0.25, 0.3) is 6.08 Å². The zero-order valence-corrected chi connectivity index (χ0v) is 18.0. The van der Waals surface area contributed by atoms with Crippen molar-refractivity contribution in [3.05, 3.63) is 23.8 Å². The van der Waals surface area contributed by atoms with Crippen molar-refractivity contribution in [2.45, 2.75) is 51.5 Å². The molecule has 5 nitrogen and oxygen atoms in total. The molecule has 0 aliphatic heterocycles. The number of benzene rings is 1. The number of amides is 1. The van der Waals surface area contributed by atoms with E-state index >= 15 is 0 Å². The minimum absolute atomic E-state index is 0.0398. The summed E-state index contributed by atoms with van der Waals surface area (Å²) in [6, 6.07) is 3.90. The van der Waals surface area contributed by atoms with Crippen LogP contribution in [0.4, 0.5) is 0 Å². The van der Waals surface area contributed by atoms with Gasteiger partial charge in [-0.1, -0.05) is 0 Å². The van der Waals surface area contributed by atoms with Crippen LogP contribution in [0, 0.1) is 23.2 Å². The first-order chi connectivity index (χ1) is 14.0. The first kappa shape index (κ1) is 20.1. The number of hydrogen-bond donors (Lipinski definition) is 1. The summed E-state index contributed by atoms with van der Waals surface area (Å²) in [4.78, 5) is 12.7. The normalized spacial score (nSPS) is 31.0. The third kappa shape index (κ3) is 3.84. The molecule has 0 saturated heterocycles. The van der Waals surface area contributed by atoms with Crippen molar-refractivity contribution in [3.63, 3.8) is 0 Å². The Kier molecular flexibility index (Phi) is 5.50. The van der Waals surface area contributed by atoms with E-state index in [-0.39, 0.29) is 11.9 Å². The fourth-order valence-electron chi connectivity index (χ4n) is 6.49. The number of methoxy groups -OCH3 is 3. The Hall–Kier alpha value is -2.17. The number of nitrogens with one attached hydrogen (secondary N) is 1. The average Bonchev–Trinajstić information content (AvgIpc) is 2.70. The first-order valence-corrected chi connectivity index (χ1v) is 10.7. The maximum absolute atomic E-state index is 12.7. The van der Waals surface area contributed by atoms with Gasteiger partial charge in [-0.3, -0.25) is 4.79 Å². The molecule has 4 saturated carbocycles. The summed E-state index contributed by atoms with van der Waals surface area (Å²) in [5, 5.41) is 3.27. The zero-order chi connectivity index (χ0) is 20.6. The molecule has 0 aromatic heterocycles. The Labute approximate surface area is 173 Å². The van der Waals surface area contributed by atoms with E-state index in [1.165, 1.54) is 38.5 Å². The molecule has 1 amide bonds. The fraction of sp³-hybridized carbons (Fsp3) is 0.625. The Morgan fingerprint density at radius 2 is 1.52 bits per heavy atom. The molecule has 158 valence electrons. The third-order valence-electron chi connectivity index (χ3n) is 7.48. The van der Waals surface area contributed by atoms with E-state index in [1.54, 1.807) is 33.5 Å². The van der Waals surface area contributed by atoms with Crippen molar-refractivity contribution < 1.29 is 19.0 Å².